The van der Waals surface area contributed by atoms with Gasteiger partial charge in [0.05, 0.1) is 6.61 Å². The zero-order chi connectivity index (χ0) is 38.9. The monoisotopic (exact) mass is 765 g/mol. The third-order valence-electron chi connectivity index (χ3n) is 8.80. The molecular formula is C44H77O8P. The Hall–Kier alpha value is -2.25. The first-order valence-electron chi connectivity index (χ1n) is 21.1. The second-order valence-electron chi connectivity index (χ2n) is 13.9. The van der Waals surface area contributed by atoms with E-state index in [2.05, 4.69) is 73.1 Å². The zero-order valence-corrected chi connectivity index (χ0v) is 34.5. The summed E-state index contributed by atoms with van der Waals surface area (Å²) < 4.78 is 26.3. The fourth-order valence-electron chi connectivity index (χ4n) is 5.70. The minimum atomic E-state index is -4.77. The molecular weight excluding hydrogens is 687 g/mol. The lowest BCUT2D eigenvalue weighted by atomic mass is 10.0. The van der Waals surface area contributed by atoms with Crippen LogP contribution >= 0.6 is 7.82 Å². The number of phosphoric acid groups is 1. The molecule has 0 saturated heterocycles. The Balaban J connectivity index is 3.99. The standard InChI is InChI=1S/C44H77O8P/c1-3-5-7-9-11-13-15-17-19-21-23-24-26-28-30-32-34-36-38-43(45)50-40-42(41-51-53(47,48)49)52-44(46)39-37-35-33-31-29-27-25-22-20-18-16-14-12-10-8-6-4-2/h6,8,12,14,18,20,25,27,31,33,42H,3-5,7,9-11,13,15-17,19,21-24,26,28-30,32,34-41H2,1-2H3,(H2,47,48,49)/b8-6+,14-12+,20-18+,27-25+,33-31+/t42-/m1/s1. The molecule has 0 radical (unpaired) electrons. The third kappa shape index (κ3) is 42.4. The number of hydrogen-bond acceptors (Lipinski definition) is 6. The Morgan fingerprint density at radius 2 is 0.906 bits per heavy atom. The molecule has 0 amide bonds. The average molecular weight is 765 g/mol. The van der Waals surface area contributed by atoms with Crippen molar-refractivity contribution in [1.29, 1.82) is 0 Å². The predicted molar refractivity (Wildman–Crippen MR) is 221 cm³/mol. The number of rotatable bonds is 38. The van der Waals surface area contributed by atoms with Gasteiger partial charge in [-0.3, -0.25) is 14.1 Å². The van der Waals surface area contributed by atoms with Crippen molar-refractivity contribution in [1.82, 2.24) is 0 Å². The van der Waals surface area contributed by atoms with E-state index >= 15 is 0 Å². The van der Waals surface area contributed by atoms with Crippen LogP contribution in [0.15, 0.2) is 60.8 Å². The van der Waals surface area contributed by atoms with Gasteiger partial charge >= 0.3 is 19.8 Å². The molecule has 0 spiro atoms. The highest BCUT2D eigenvalue weighted by Gasteiger charge is 2.22. The van der Waals surface area contributed by atoms with Crippen molar-refractivity contribution in [2.45, 2.75) is 193 Å². The van der Waals surface area contributed by atoms with Crippen LogP contribution in [0.5, 0.6) is 0 Å². The Morgan fingerprint density at radius 3 is 1.34 bits per heavy atom. The average Bonchev–Trinajstić information content (AvgIpc) is 3.13. The molecule has 0 aromatic heterocycles. The fraction of sp³-hybridized carbons (Fsp3) is 0.727. The van der Waals surface area contributed by atoms with E-state index in [0.717, 1.165) is 51.4 Å². The van der Waals surface area contributed by atoms with Crippen LogP contribution in [0, 0.1) is 0 Å². The molecule has 1 atom stereocenters. The number of phosphoric ester groups is 1. The lowest BCUT2D eigenvalue weighted by molar-refractivity contribution is -0.161. The molecule has 0 aromatic rings. The molecule has 0 bridgehead atoms. The molecule has 0 fully saturated rings. The summed E-state index contributed by atoms with van der Waals surface area (Å²) in [6, 6.07) is 0. The van der Waals surface area contributed by atoms with Crippen LogP contribution in [0.1, 0.15) is 187 Å². The van der Waals surface area contributed by atoms with E-state index in [1.807, 2.05) is 6.08 Å². The highest BCUT2D eigenvalue weighted by Crippen LogP contribution is 2.36. The molecule has 0 saturated carbocycles. The number of ether oxygens (including phenoxy) is 2. The van der Waals surface area contributed by atoms with Gasteiger partial charge in [0.15, 0.2) is 6.10 Å². The van der Waals surface area contributed by atoms with E-state index in [4.69, 9.17) is 19.3 Å². The number of allylic oxidation sites excluding steroid dienone is 10. The van der Waals surface area contributed by atoms with Gasteiger partial charge in [0.2, 0.25) is 0 Å². The summed E-state index contributed by atoms with van der Waals surface area (Å²) >= 11 is 0. The summed E-state index contributed by atoms with van der Waals surface area (Å²) in [5.74, 6) is -0.951. The van der Waals surface area contributed by atoms with Crippen LogP contribution in [-0.2, 0) is 28.2 Å². The van der Waals surface area contributed by atoms with Gasteiger partial charge in [-0.1, -0.05) is 184 Å². The first kappa shape index (κ1) is 50.8. The predicted octanol–water partition coefficient (Wildman–Crippen LogP) is 12.9. The Kier molecular flexibility index (Phi) is 37.8. The van der Waals surface area contributed by atoms with Gasteiger partial charge in [0.1, 0.15) is 6.61 Å². The van der Waals surface area contributed by atoms with Crippen molar-refractivity contribution >= 4 is 19.8 Å². The van der Waals surface area contributed by atoms with E-state index in [0.29, 0.717) is 12.8 Å². The molecule has 8 nitrogen and oxygen atoms in total. The van der Waals surface area contributed by atoms with Gasteiger partial charge in [-0.15, -0.1) is 0 Å². The summed E-state index contributed by atoms with van der Waals surface area (Å²) in [5, 5.41) is 0. The fourth-order valence-corrected chi connectivity index (χ4v) is 6.06. The first-order valence-corrected chi connectivity index (χ1v) is 22.6. The number of hydrogen-bond donors (Lipinski definition) is 2. The molecule has 0 heterocycles. The summed E-state index contributed by atoms with van der Waals surface area (Å²) in [6.07, 6.45) is 49.5. The smallest absolute Gasteiger partial charge is 0.462 e. The number of carbonyl (C=O) groups excluding carboxylic acids is 2. The number of esters is 2. The number of unbranched alkanes of at least 4 members (excludes halogenated alkanes) is 18. The summed E-state index contributed by atoms with van der Waals surface area (Å²) in [7, 11) is -4.77. The lowest BCUT2D eigenvalue weighted by Gasteiger charge is -2.18. The van der Waals surface area contributed by atoms with Crippen molar-refractivity contribution in [3.63, 3.8) is 0 Å². The molecule has 0 aliphatic carbocycles. The van der Waals surface area contributed by atoms with E-state index in [1.165, 1.54) is 96.3 Å². The largest absolute Gasteiger partial charge is 0.469 e. The molecule has 306 valence electrons. The molecule has 9 heteroatoms. The second kappa shape index (κ2) is 39.4. The molecule has 53 heavy (non-hydrogen) atoms. The Morgan fingerprint density at radius 1 is 0.509 bits per heavy atom. The quantitative estimate of drug-likeness (QED) is 0.0276. The maximum absolute atomic E-state index is 12.4. The molecule has 0 aliphatic heterocycles. The molecule has 0 rings (SSSR count). The zero-order valence-electron chi connectivity index (χ0n) is 33.6. The normalized spacial score (nSPS) is 13.1. The van der Waals surface area contributed by atoms with Crippen LogP contribution in [0.4, 0.5) is 0 Å². The van der Waals surface area contributed by atoms with Crippen LogP contribution < -0.4 is 0 Å². The van der Waals surface area contributed by atoms with Crippen LogP contribution in [0.3, 0.4) is 0 Å². The van der Waals surface area contributed by atoms with Gasteiger partial charge in [-0.05, 0) is 51.4 Å². The Labute approximate surface area is 324 Å². The van der Waals surface area contributed by atoms with Crippen molar-refractivity contribution in [3.05, 3.63) is 60.8 Å². The van der Waals surface area contributed by atoms with E-state index in [9.17, 15) is 14.2 Å². The van der Waals surface area contributed by atoms with Gasteiger partial charge in [0, 0.05) is 12.8 Å². The number of carbonyl (C=O) groups is 2. The topological polar surface area (TPSA) is 119 Å². The van der Waals surface area contributed by atoms with E-state index in [-0.39, 0.29) is 19.4 Å². The lowest BCUT2D eigenvalue weighted by Crippen LogP contribution is -2.29. The van der Waals surface area contributed by atoms with E-state index in [1.54, 1.807) is 0 Å². The van der Waals surface area contributed by atoms with Gasteiger partial charge in [0.25, 0.3) is 0 Å². The van der Waals surface area contributed by atoms with Crippen molar-refractivity contribution in [2.75, 3.05) is 13.2 Å². The van der Waals surface area contributed by atoms with Crippen molar-refractivity contribution in [3.8, 4) is 0 Å². The van der Waals surface area contributed by atoms with Crippen LogP contribution in [-0.4, -0.2) is 41.0 Å². The maximum Gasteiger partial charge on any atom is 0.469 e. The summed E-state index contributed by atoms with van der Waals surface area (Å²) in [4.78, 5) is 42.8. The Bertz CT molecular complexity index is 1040. The molecule has 2 N–H and O–H groups in total. The maximum atomic E-state index is 12.4. The van der Waals surface area contributed by atoms with Gasteiger partial charge < -0.3 is 19.3 Å². The molecule has 0 aromatic carbocycles. The molecule has 0 aliphatic rings. The van der Waals surface area contributed by atoms with Crippen molar-refractivity contribution < 1.29 is 37.9 Å². The summed E-state index contributed by atoms with van der Waals surface area (Å²) in [5.41, 5.74) is 0. The minimum Gasteiger partial charge on any atom is -0.462 e. The SMILES string of the molecule is CC/C=C/C/C=C/C/C=C/C/C=C/C/C=C/CCCC(=O)O[C@H](COC(=O)CCCCCCCCCCCCCCCCCCCC)COP(=O)(O)O. The van der Waals surface area contributed by atoms with Gasteiger partial charge in [-0.25, -0.2) is 4.57 Å². The molecule has 0 unspecified atom stereocenters. The minimum absolute atomic E-state index is 0.133. The third-order valence-corrected chi connectivity index (χ3v) is 9.29. The van der Waals surface area contributed by atoms with Crippen LogP contribution in [0.25, 0.3) is 0 Å². The van der Waals surface area contributed by atoms with Crippen LogP contribution in [0.2, 0.25) is 0 Å². The highest BCUT2D eigenvalue weighted by molar-refractivity contribution is 7.46. The van der Waals surface area contributed by atoms with Gasteiger partial charge in [-0.2, -0.15) is 0 Å². The second-order valence-corrected chi connectivity index (χ2v) is 15.2. The van der Waals surface area contributed by atoms with Crippen molar-refractivity contribution in [2.24, 2.45) is 0 Å². The first-order chi connectivity index (χ1) is 25.8. The summed E-state index contributed by atoms with van der Waals surface area (Å²) in [6.45, 7) is 3.53. The highest BCUT2D eigenvalue weighted by atomic mass is 31.2. The van der Waals surface area contributed by atoms with E-state index < -0.39 is 32.5 Å².